The highest BCUT2D eigenvalue weighted by atomic mass is 32.2. The first-order valence-electron chi connectivity index (χ1n) is 6.13. The second-order valence-corrected chi connectivity index (χ2v) is 7.07. The number of hydrogen-bond donors (Lipinski definition) is 1. The molecule has 2 aliphatic rings. The average molecular weight is 228 g/mol. The summed E-state index contributed by atoms with van der Waals surface area (Å²) in [6, 6.07) is 1.70. The van der Waals surface area contributed by atoms with Crippen molar-refractivity contribution in [3.63, 3.8) is 0 Å². The Morgan fingerprint density at radius 1 is 1.33 bits per heavy atom. The maximum atomic E-state index is 3.72. The Morgan fingerprint density at radius 3 is 2.67 bits per heavy atom. The Balaban J connectivity index is 1.68. The largest absolute Gasteiger partial charge is 0.311 e. The van der Waals surface area contributed by atoms with Gasteiger partial charge in [0.2, 0.25) is 0 Å². The lowest BCUT2D eigenvalue weighted by atomic mass is 10.2. The minimum absolute atomic E-state index is 0.382. The molecule has 1 saturated heterocycles. The summed E-state index contributed by atoms with van der Waals surface area (Å²) in [5.74, 6) is 0. The lowest BCUT2D eigenvalue weighted by molar-refractivity contribution is 0.316. The van der Waals surface area contributed by atoms with Gasteiger partial charge in [-0.25, -0.2) is 0 Å². The van der Waals surface area contributed by atoms with E-state index < -0.39 is 0 Å². The van der Waals surface area contributed by atoms with Crippen LogP contribution in [0.1, 0.15) is 33.1 Å². The zero-order chi connectivity index (χ0) is 10.9. The zero-order valence-corrected chi connectivity index (χ0v) is 11.1. The summed E-state index contributed by atoms with van der Waals surface area (Å²) in [7, 11) is 0. The van der Waals surface area contributed by atoms with Gasteiger partial charge in [0.1, 0.15) is 0 Å². The van der Waals surface area contributed by atoms with Gasteiger partial charge in [-0.1, -0.05) is 0 Å². The lowest BCUT2D eigenvalue weighted by Crippen LogP contribution is -2.40. The summed E-state index contributed by atoms with van der Waals surface area (Å²) >= 11 is 1.95. The smallest absolute Gasteiger partial charge is 0.0225 e. The van der Waals surface area contributed by atoms with E-state index in [0.717, 1.165) is 18.6 Å². The maximum Gasteiger partial charge on any atom is 0.0225 e. The van der Waals surface area contributed by atoms with Crippen LogP contribution in [-0.2, 0) is 0 Å². The minimum atomic E-state index is 0.382. The Hall–Kier alpha value is 0.270. The van der Waals surface area contributed by atoms with Gasteiger partial charge in [-0.05, 0) is 39.4 Å². The molecule has 2 fully saturated rings. The third-order valence-electron chi connectivity index (χ3n) is 3.65. The van der Waals surface area contributed by atoms with E-state index in [2.05, 4.69) is 30.3 Å². The van der Waals surface area contributed by atoms with Crippen molar-refractivity contribution in [3.8, 4) is 0 Å². The number of nitrogens with zero attached hydrogens (tertiary/aromatic N) is 1. The second kappa shape index (κ2) is 4.64. The van der Waals surface area contributed by atoms with E-state index in [1.165, 1.54) is 32.4 Å². The highest BCUT2D eigenvalue weighted by Gasteiger charge is 2.34. The van der Waals surface area contributed by atoms with Gasteiger partial charge in [-0.2, -0.15) is 11.8 Å². The topological polar surface area (TPSA) is 15.3 Å². The average Bonchev–Trinajstić information content (AvgIpc) is 2.96. The van der Waals surface area contributed by atoms with Crippen LogP contribution in [0.15, 0.2) is 0 Å². The molecule has 0 aromatic heterocycles. The monoisotopic (exact) mass is 228 g/mol. The summed E-state index contributed by atoms with van der Waals surface area (Å²) in [6.45, 7) is 8.38. The van der Waals surface area contributed by atoms with Gasteiger partial charge in [0, 0.05) is 36.5 Å². The number of thioether (sulfide) groups is 1. The van der Waals surface area contributed by atoms with E-state index >= 15 is 0 Å². The highest BCUT2D eigenvalue weighted by molar-refractivity contribution is 7.99. The van der Waals surface area contributed by atoms with Crippen LogP contribution >= 0.6 is 11.8 Å². The van der Waals surface area contributed by atoms with E-state index in [0.29, 0.717) is 4.75 Å². The van der Waals surface area contributed by atoms with E-state index in [9.17, 15) is 0 Å². The number of rotatable bonds is 5. The van der Waals surface area contributed by atoms with Gasteiger partial charge in [0.15, 0.2) is 0 Å². The van der Waals surface area contributed by atoms with Gasteiger partial charge in [0.05, 0.1) is 0 Å². The van der Waals surface area contributed by atoms with Crippen LogP contribution in [0.2, 0.25) is 0 Å². The SMILES string of the molecule is CSC(C)(C)CNC1CCN(C2CC2)C1. The number of nitrogens with one attached hydrogen (secondary N) is 1. The molecule has 0 aromatic carbocycles. The molecule has 2 rings (SSSR count). The predicted octanol–water partition coefficient (Wildman–Crippen LogP) is 1.95. The minimum Gasteiger partial charge on any atom is -0.311 e. The Labute approximate surface area is 98.2 Å². The quantitative estimate of drug-likeness (QED) is 0.774. The van der Waals surface area contributed by atoms with Gasteiger partial charge in [-0.15, -0.1) is 0 Å². The summed E-state index contributed by atoms with van der Waals surface area (Å²) in [5.41, 5.74) is 0. The van der Waals surface area contributed by atoms with Crippen molar-refractivity contribution in [1.82, 2.24) is 10.2 Å². The van der Waals surface area contributed by atoms with Crippen molar-refractivity contribution >= 4 is 11.8 Å². The van der Waals surface area contributed by atoms with Crippen LogP contribution in [-0.4, -0.2) is 47.6 Å². The normalized spacial score (nSPS) is 28.6. The van der Waals surface area contributed by atoms with Crippen LogP contribution < -0.4 is 5.32 Å². The van der Waals surface area contributed by atoms with Crippen molar-refractivity contribution in [1.29, 1.82) is 0 Å². The van der Waals surface area contributed by atoms with Crippen LogP contribution in [0.3, 0.4) is 0 Å². The van der Waals surface area contributed by atoms with E-state index in [4.69, 9.17) is 0 Å². The standard InChI is InChI=1S/C12H24N2S/c1-12(2,15-3)9-13-10-6-7-14(8-10)11-4-5-11/h10-11,13H,4-9H2,1-3H3. The third kappa shape index (κ3) is 3.36. The molecule has 1 aliphatic carbocycles. The molecule has 0 amide bonds. The summed E-state index contributed by atoms with van der Waals surface area (Å²) in [5, 5.41) is 3.72. The molecule has 1 unspecified atom stereocenters. The summed E-state index contributed by atoms with van der Waals surface area (Å²) in [6.07, 6.45) is 6.44. The second-order valence-electron chi connectivity index (χ2n) is 5.56. The number of hydrogen-bond acceptors (Lipinski definition) is 3. The Morgan fingerprint density at radius 2 is 2.07 bits per heavy atom. The Kier molecular flexibility index (Phi) is 3.63. The molecule has 1 saturated carbocycles. The van der Waals surface area contributed by atoms with Crippen LogP contribution in [0.5, 0.6) is 0 Å². The molecule has 1 heterocycles. The fraction of sp³-hybridized carbons (Fsp3) is 1.00. The van der Waals surface area contributed by atoms with Gasteiger partial charge in [-0.3, -0.25) is 4.90 Å². The first-order chi connectivity index (χ1) is 7.11. The summed E-state index contributed by atoms with van der Waals surface area (Å²) in [4.78, 5) is 2.67. The molecule has 3 heteroatoms. The zero-order valence-electron chi connectivity index (χ0n) is 10.3. The van der Waals surface area contributed by atoms with Crippen molar-refractivity contribution in [2.24, 2.45) is 0 Å². The summed E-state index contributed by atoms with van der Waals surface area (Å²) < 4.78 is 0.382. The maximum absolute atomic E-state index is 3.72. The molecule has 2 nitrogen and oxygen atoms in total. The Bertz CT molecular complexity index is 214. The van der Waals surface area contributed by atoms with E-state index in [1.54, 1.807) is 0 Å². The van der Waals surface area contributed by atoms with Crippen molar-refractivity contribution in [2.45, 2.75) is 49.9 Å². The van der Waals surface area contributed by atoms with Gasteiger partial charge in [0.25, 0.3) is 0 Å². The van der Waals surface area contributed by atoms with Crippen LogP contribution in [0.25, 0.3) is 0 Å². The first-order valence-corrected chi connectivity index (χ1v) is 7.36. The fourth-order valence-electron chi connectivity index (χ4n) is 2.19. The van der Waals surface area contributed by atoms with E-state index in [-0.39, 0.29) is 0 Å². The molecule has 88 valence electrons. The van der Waals surface area contributed by atoms with Crippen LogP contribution in [0.4, 0.5) is 0 Å². The first kappa shape index (κ1) is 11.7. The third-order valence-corrected chi connectivity index (χ3v) is 4.90. The van der Waals surface area contributed by atoms with Crippen molar-refractivity contribution in [2.75, 3.05) is 25.9 Å². The van der Waals surface area contributed by atoms with Gasteiger partial charge >= 0.3 is 0 Å². The number of likely N-dealkylation sites (tertiary alicyclic amines) is 1. The molecule has 0 aromatic rings. The molecule has 15 heavy (non-hydrogen) atoms. The predicted molar refractivity (Wildman–Crippen MR) is 68.6 cm³/mol. The molecular weight excluding hydrogens is 204 g/mol. The molecular formula is C12H24N2S. The molecule has 0 spiro atoms. The fourth-order valence-corrected chi connectivity index (χ4v) is 2.42. The molecule has 1 atom stereocenters. The van der Waals surface area contributed by atoms with Crippen molar-refractivity contribution in [3.05, 3.63) is 0 Å². The highest BCUT2D eigenvalue weighted by Crippen LogP contribution is 2.30. The van der Waals surface area contributed by atoms with Crippen LogP contribution in [0, 0.1) is 0 Å². The molecule has 0 bridgehead atoms. The molecule has 1 aliphatic heterocycles. The molecule has 0 radical (unpaired) electrons. The molecule has 1 N–H and O–H groups in total. The van der Waals surface area contributed by atoms with Gasteiger partial charge < -0.3 is 5.32 Å². The van der Waals surface area contributed by atoms with E-state index in [1.807, 2.05) is 11.8 Å². The lowest BCUT2D eigenvalue weighted by Gasteiger charge is -2.25. The van der Waals surface area contributed by atoms with Crippen molar-refractivity contribution < 1.29 is 0 Å².